The molecule has 0 spiro atoms. The van der Waals surface area contributed by atoms with E-state index in [4.69, 9.17) is 5.26 Å². The Morgan fingerprint density at radius 3 is 2.52 bits per heavy atom. The Morgan fingerprint density at radius 1 is 1.26 bits per heavy atom. The summed E-state index contributed by atoms with van der Waals surface area (Å²) in [4.78, 5) is 11.9. The number of hydrazone groups is 1. The minimum Gasteiger partial charge on any atom is -0.267 e. The zero-order valence-electron chi connectivity index (χ0n) is 12.9. The number of hydrogen-bond donors (Lipinski definition) is 1. The number of benzene rings is 2. The Morgan fingerprint density at radius 2 is 1.96 bits per heavy atom. The average Bonchev–Trinajstić information content (AvgIpc) is 2.55. The molecule has 0 radical (unpaired) electrons. The highest BCUT2D eigenvalue weighted by atomic mass is 19.1. The van der Waals surface area contributed by atoms with Crippen LogP contribution in [0.1, 0.15) is 46.8 Å². The Balaban J connectivity index is 2.02. The van der Waals surface area contributed by atoms with Gasteiger partial charge in [-0.3, -0.25) is 4.79 Å². The summed E-state index contributed by atoms with van der Waals surface area (Å²) in [5.74, 6) is -0.972. The molecule has 0 saturated carbocycles. The largest absolute Gasteiger partial charge is 0.274 e. The molecule has 5 heteroatoms. The summed E-state index contributed by atoms with van der Waals surface area (Å²) in [5.41, 5.74) is 4.32. The van der Waals surface area contributed by atoms with Crippen LogP contribution in [0.4, 0.5) is 4.39 Å². The molecule has 0 fully saturated rings. The molecule has 1 amide bonds. The van der Waals surface area contributed by atoms with Crippen molar-refractivity contribution in [2.45, 2.75) is 19.8 Å². The lowest BCUT2D eigenvalue weighted by molar-refractivity contribution is 0.0951. The standard InChI is InChI=1S/C18H16FN3O/c1-12(2)15-6-3-13(4-7-15)11-21-22-18(23)16-8-5-14(10-20)9-17(16)19/h3-9,11-12H,1-2H3,(H,22,23)/b21-11-. The molecular formula is C18H16FN3O. The second-order valence-corrected chi connectivity index (χ2v) is 5.33. The van der Waals surface area contributed by atoms with Crippen molar-refractivity contribution in [1.82, 2.24) is 5.43 Å². The van der Waals surface area contributed by atoms with Crippen molar-refractivity contribution in [1.29, 1.82) is 5.26 Å². The van der Waals surface area contributed by atoms with Crippen molar-refractivity contribution in [2.24, 2.45) is 5.10 Å². The Hall–Kier alpha value is -3.00. The third-order valence-electron chi connectivity index (χ3n) is 3.33. The van der Waals surface area contributed by atoms with E-state index >= 15 is 0 Å². The van der Waals surface area contributed by atoms with Gasteiger partial charge in [0.25, 0.3) is 5.91 Å². The number of nitriles is 1. The third kappa shape index (κ3) is 4.24. The van der Waals surface area contributed by atoms with Gasteiger partial charge in [-0.2, -0.15) is 10.4 Å². The van der Waals surface area contributed by atoms with Crippen LogP contribution in [-0.2, 0) is 0 Å². The number of halogens is 1. The van der Waals surface area contributed by atoms with E-state index < -0.39 is 11.7 Å². The summed E-state index contributed by atoms with van der Waals surface area (Å²) in [6.07, 6.45) is 1.49. The number of hydrogen-bond acceptors (Lipinski definition) is 3. The maximum Gasteiger partial charge on any atom is 0.274 e. The number of nitrogens with one attached hydrogen (secondary N) is 1. The van der Waals surface area contributed by atoms with E-state index in [1.54, 1.807) is 0 Å². The smallest absolute Gasteiger partial charge is 0.267 e. The first-order valence-corrected chi connectivity index (χ1v) is 7.14. The number of carbonyl (C=O) groups excluding carboxylic acids is 1. The van der Waals surface area contributed by atoms with E-state index in [0.717, 1.165) is 11.6 Å². The minimum atomic E-state index is -0.752. The van der Waals surface area contributed by atoms with Gasteiger partial charge in [0.1, 0.15) is 5.82 Å². The number of nitrogens with zero attached hydrogens (tertiary/aromatic N) is 2. The minimum absolute atomic E-state index is 0.156. The molecule has 0 aliphatic heterocycles. The lowest BCUT2D eigenvalue weighted by Gasteiger charge is -2.04. The van der Waals surface area contributed by atoms with Crippen LogP contribution in [0.3, 0.4) is 0 Å². The second-order valence-electron chi connectivity index (χ2n) is 5.33. The molecule has 0 saturated heterocycles. The van der Waals surface area contributed by atoms with Crippen LogP contribution in [0.2, 0.25) is 0 Å². The summed E-state index contributed by atoms with van der Waals surface area (Å²) in [5, 5.41) is 12.5. The van der Waals surface area contributed by atoms with Gasteiger partial charge in [0.05, 0.1) is 23.4 Å². The van der Waals surface area contributed by atoms with E-state index in [-0.39, 0.29) is 11.1 Å². The first-order valence-electron chi connectivity index (χ1n) is 7.14. The van der Waals surface area contributed by atoms with Gasteiger partial charge in [-0.25, -0.2) is 9.82 Å². The van der Waals surface area contributed by atoms with Gasteiger partial charge in [0, 0.05) is 0 Å². The SMILES string of the molecule is CC(C)c1ccc(/C=N\NC(=O)c2ccc(C#N)cc2F)cc1. The van der Waals surface area contributed by atoms with Crippen LogP contribution in [0.25, 0.3) is 0 Å². The Kier molecular flexibility index (Phi) is 5.21. The van der Waals surface area contributed by atoms with Crippen LogP contribution in [0.5, 0.6) is 0 Å². The Labute approximate surface area is 134 Å². The molecule has 116 valence electrons. The second kappa shape index (κ2) is 7.32. The predicted molar refractivity (Wildman–Crippen MR) is 86.7 cm³/mol. The summed E-state index contributed by atoms with van der Waals surface area (Å²) < 4.78 is 13.7. The zero-order chi connectivity index (χ0) is 16.8. The van der Waals surface area contributed by atoms with E-state index in [1.807, 2.05) is 30.3 Å². The van der Waals surface area contributed by atoms with E-state index in [9.17, 15) is 9.18 Å². The van der Waals surface area contributed by atoms with Crippen LogP contribution in [0, 0.1) is 17.1 Å². The maximum atomic E-state index is 13.7. The molecule has 1 N–H and O–H groups in total. The van der Waals surface area contributed by atoms with Gasteiger partial charge in [-0.1, -0.05) is 38.1 Å². The lowest BCUT2D eigenvalue weighted by Crippen LogP contribution is -2.19. The van der Waals surface area contributed by atoms with Crippen molar-refractivity contribution >= 4 is 12.1 Å². The average molecular weight is 309 g/mol. The first-order chi connectivity index (χ1) is 11.0. The van der Waals surface area contributed by atoms with Crippen molar-refractivity contribution in [3.05, 3.63) is 70.5 Å². The van der Waals surface area contributed by atoms with Crippen LogP contribution in [0.15, 0.2) is 47.6 Å². The van der Waals surface area contributed by atoms with E-state index in [2.05, 4.69) is 24.4 Å². The molecule has 0 aromatic heterocycles. The monoisotopic (exact) mass is 309 g/mol. The van der Waals surface area contributed by atoms with Crippen LogP contribution in [-0.4, -0.2) is 12.1 Å². The highest BCUT2D eigenvalue weighted by Crippen LogP contribution is 2.14. The molecule has 2 aromatic rings. The van der Waals surface area contributed by atoms with Gasteiger partial charge in [-0.15, -0.1) is 0 Å². The van der Waals surface area contributed by atoms with Gasteiger partial charge in [0.2, 0.25) is 0 Å². The molecular weight excluding hydrogens is 293 g/mol. The molecule has 2 aromatic carbocycles. The highest BCUT2D eigenvalue weighted by Gasteiger charge is 2.11. The normalized spacial score (nSPS) is 10.7. The van der Waals surface area contributed by atoms with Gasteiger partial charge in [-0.05, 0) is 35.2 Å². The topological polar surface area (TPSA) is 65.2 Å². The molecule has 0 aliphatic carbocycles. The van der Waals surface area contributed by atoms with Crippen molar-refractivity contribution in [3.63, 3.8) is 0 Å². The molecule has 0 aliphatic rings. The molecule has 0 bridgehead atoms. The van der Waals surface area contributed by atoms with Crippen molar-refractivity contribution in [3.8, 4) is 6.07 Å². The molecule has 23 heavy (non-hydrogen) atoms. The molecule has 0 unspecified atom stereocenters. The van der Waals surface area contributed by atoms with Gasteiger partial charge in [0.15, 0.2) is 0 Å². The molecule has 0 atom stereocenters. The lowest BCUT2D eigenvalue weighted by atomic mass is 10.0. The summed E-state index contributed by atoms with van der Waals surface area (Å²) >= 11 is 0. The molecule has 2 rings (SSSR count). The van der Waals surface area contributed by atoms with E-state index in [1.165, 1.54) is 23.9 Å². The fraction of sp³-hybridized carbons (Fsp3) is 0.167. The maximum absolute atomic E-state index is 13.7. The van der Waals surface area contributed by atoms with Crippen molar-refractivity contribution in [2.75, 3.05) is 0 Å². The van der Waals surface area contributed by atoms with Gasteiger partial charge >= 0.3 is 0 Å². The van der Waals surface area contributed by atoms with Crippen LogP contribution < -0.4 is 5.43 Å². The summed E-state index contributed by atoms with van der Waals surface area (Å²) in [7, 11) is 0. The quantitative estimate of drug-likeness (QED) is 0.693. The van der Waals surface area contributed by atoms with Crippen molar-refractivity contribution < 1.29 is 9.18 Å². The van der Waals surface area contributed by atoms with Crippen LogP contribution >= 0.6 is 0 Å². The fourth-order valence-corrected chi connectivity index (χ4v) is 1.96. The van der Waals surface area contributed by atoms with E-state index in [0.29, 0.717) is 5.92 Å². The first kappa shape index (κ1) is 16.4. The summed E-state index contributed by atoms with van der Waals surface area (Å²) in [6, 6.07) is 13.2. The molecule has 4 nitrogen and oxygen atoms in total. The zero-order valence-corrected chi connectivity index (χ0v) is 12.9. The highest BCUT2D eigenvalue weighted by molar-refractivity contribution is 5.95. The fourth-order valence-electron chi connectivity index (χ4n) is 1.96. The third-order valence-corrected chi connectivity index (χ3v) is 3.33. The molecule has 0 heterocycles. The summed E-state index contributed by atoms with van der Waals surface area (Å²) in [6.45, 7) is 4.21. The van der Waals surface area contributed by atoms with Gasteiger partial charge < -0.3 is 0 Å². The Bertz CT molecular complexity index is 774. The number of rotatable bonds is 4. The number of carbonyl (C=O) groups is 1. The predicted octanol–water partition coefficient (Wildman–Crippen LogP) is 3.58. The number of amides is 1.